The Labute approximate surface area is 115 Å². The SMILES string of the molecule is O=S(=O)(O)CCCS[C@@H]1O[C@H](CO)[C@@H](O)[C@H](O)[C@H]1O. The number of aliphatic hydroxyl groups excluding tert-OH is 4. The second kappa shape index (κ2) is 7.18. The van der Waals surface area contributed by atoms with Crippen LogP contribution in [0, 0.1) is 0 Å². The Balaban J connectivity index is 2.44. The van der Waals surface area contributed by atoms with Gasteiger partial charge in [-0.1, -0.05) is 0 Å². The molecule has 1 saturated heterocycles. The van der Waals surface area contributed by atoms with Crippen LogP contribution in [0.2, 0.25) is 0 Å². The van der Waals surface area contributed by atoms with E-state index in [4.69, 9.17) is 14.4 Å². The van der Waals surface area contributed by atoms with E-state index in [2.05, 4.69) is 0 Å². The third-order valence-corrected chi connectivity index (χ3v) is 4.72. The molecule has 8 nitrogen and oxygen atoms in total. The second-order valence-electron chi connectivity index (χ2n) is 4.21. The van der Waals surface area contributed by atoms with Gasteiger partial charge in [0.2, 0.25) is 0 Å². The van der Waals surface area contributed by atoms with Crippen LogP contribution in [-0.2, 0) is 14.9 Å². The summed E-state index contributed by atoms with van der Waals surface area (Å²) in [6.45, 7) is -0.507. The molecule has 1 aliphatic rings. The summed E-state index contributed by atoms with van der Waals surface area (Å²) in [4.78, 5) is 0. The maximum atomic E-state index is 10.5. The fraction of sp³-hybridized carbons (Fsp3) is 1.00. The molecule has 0 amide bonds. The largest absolute Gasteiger partial charge is 0.394 e. The molecule has 0 bridgehead atoms. The smallest absolute Gasteiger partial charge is 0.264 e. The summed E-state index contributed by atoms with van der Waals surface area (Å²) in [6, 6.07) is 0. The maximum absolute atomic E-state index is 10.5. The first-order chi connectivity index (χ1) is 8.76. The van der Waals surface area contributed by atoms with Crippen molar-refractivity contribution in [2.24, 2.45) is 0 Å². The second-order valence-corrected chi connectivity index (χ2v) is 6.99. The predicted molar refractivity (Wildman–Crippen MR) is 67.3 cm³/mol. The molecule has 0 aromatic rings. The molecule has 0 unspecified atom stereocenters. The van der Waals surface area contributed by atoms with Crippen molar-refractivity contribution in [3.8, 4) is 0 Å². The molecule has 19 heavy (non-hydrogen) atoms. The van der Waals surface area contributed by atoms with Gasteiger partial charge in [-0.15, -0.1) is 11.8 Å². The number of thioether (sulfide) groups is 1. The zero-order valence-corrected chi connectivity index (χ0v) is 11.6. The summed E-state index contributed by atoms with van der Waals surface area (Å²) in [5.41, 5.74) is -0.878. The summed E-state index contributed by atoms with van der Waals surface area (Å²) in [5, 5.41) is 37.7. The van der Waals surface area contributed by atoms with Crippen LogP contribution in [0.1, 0.15) is 6.42 Å². The molecular formula is C9H18O8S2. The Kier molecular flexibility index (Phi) is 6.47. The van der Waals surface area contributed by atoms with Gasteiger partial charge in [0.15, 0.2) is 0 Å². The standard InChI is InChI=1S/C9H18O8S2/c10-4-5-6(11)7(12)8(13)9(17-5)18-2-1-3-19(14,15)16/h5-13H,1-4H2,(H,14,15,16)/t5-,6-,7+,8-,9+/m1/s1. The number of hydrogen-bond acceptors (Lipinski definition) is 8. The lowest BCUT2D eigenvalue weighted by atomic mass is 10.0. The minimum Gasteiger partial charge on any atom is -0.394 e. The third-order valence-electron chi connectivity index (χ3n) is 2.68. The van der Waals surface area contributed by atoms with Crippen LogP contribution < -0.4 is 0 Å². The van der Waals surface area contributed by atoms with Crippen LogP contribution >= 0.6 is 11.8 Å². The van der Waals surface area contributed by atoms with Gasteiger partial charge in [-0.2, -0.15) is 8.42 Å². The van der Waals surface area contributed by atoms with Crippen molar-refractivity contribution in [3.05, 3.63) is 0 Å². The lowest BCUT2D eigenvalue weighted by molar-refractivity contribution is -0.205. The topological polar surface area (TPSA) is 145 Å². The summed E-state index contributed by atoms with van der Waals surface area (Å²) in [5.74, 6) is -0.139. The maximum Gasteiger partial charge on any atom is 0.264 e. The number of hydrogen-bond donors (Lipinski definition) is 5. The Morgan fingerprint density at radius 2 is 1.74 bits per heavy atom. The van der Waals surface area contributed by atoms with E-state index in [1.165, 1.54) is 0 Å². The van der Waals surface area contributed by atoms with Crippen molar-refractivity contribution in [3.63, 3.8) is 0 Å². The van der Waals surface area contributed by atoms with E-state index in [-0.39, 0.29) is 12.2 Å². The zero-order valence-electron chi connectivity index (χ0n) is 9.99. The summed E-state index contributed by atoms with van der Waals surface area (Å²) < 4.78 is 34.7. The van der Waals surface area contributed by atoms with Crippen LogP contribution in [0.4, 0.5) is 0 Å². The molecule has 1 heterocycles. The molecule has 0 aliphatic carbocycles. The Morgan fingerprint density at radius 1 is 1.11 bits per heavy atom. The van der Waals surface area contributed by atoms with Gasteiger partial charge in [0.1, 0.15) is 29.9 Å². The molecule has 5 N–H and O–H groups in total. The van der Waals surface area contributed by atoms with E-state index in [1.807, 2.05) is 0 Å². The first kappa shape index (κ1) is 17.1. The Morgan fingerprint density at radius 3 is 2.26 bits per heavy atom. The van der Waals surface area contributed by atoms with Gasteiger partial charge < -0.3 is 25.2 Å². The molecule has 0 spiro atoms. The summed E-state index contributed by atoms with van der Waals surface area (Å²) in [7, 11) is -4.02. The number of aliphatic hydroxyl groups is 4. The summed E-state index contributed by atoms with van der Waals surface area (Å²) >= 11 is 1.04. The molecular weight excluding hydrogens is 300 g/mol. The third kappa shape index (κ3) is 5.16. The Hall–Kier alpha value is 0.0600. The van der Waals surface area contributed by atoms with Crippen molar-refractivity contribution in [1.29, 1.82) is 0 Å². The van der Waals surface area contributed by atoms with Crippen LogP contribution in [-0.4, -0.2) is 81.4 Å². The first-order valence-corrected chi connectivity index (χ1v) is 8.29. The average molecular weight is 318 g/mol. The quantitative estimate of drug-likeness (QED) is 0.272. The van der Waals surface area contributed by atoms with Crippen LogP contribution in [0.25, 0.3) is 0 Å². The van der Waals surface area contributed by atoms with Gasteiger partial charge >= 0.3 is 0 Å². The van der Waals surface area contributed by atoms with Gasteiger partial charge in [0.25, 0.3) is 10.1 Å². The van der Waals surface area contributed by atoms with Gasteiger partial charge in [0, 0.05) is 0 Å². The molecule has 1 aliphatic heterocycles. The highest BCUT2D eigenvalue weighted by Gasteiger charge is 2.43. The van der Waals surface area contributed by atoms with E-state index in [1.54, 1.807) is 0 Å². The van der Waals surface area contributed by atoms with Crippen molar-refractivity contribution < 1.29 is 38.1 Å². The van der Waals surface area contributed by atoms with Crippen molar-refractivity contribution >= 4 is 21.9 Å². The lowest BCUT2D eigenvalue weighted by Gasteiger charge is -2.39. The highest BCUT2D eigenvalue weighted by Crippen LogP contribution is 2.28. The average Bonchev–Trinajstić information content (AvgIpc) is 2.33. The van der Waals surface area contributed by atoms with Gasteiger partial charge in [0.05, 0.1) is 12.4 Å². The minimum atomic E-state index is -4.02. The summed E-state index contributed by atoms with van der Waals surface area (Å²) in [6.07, 6.45) is -5.01. The molecule has 0 aromatic heterocycles. The van der Waals surface area contributed by atoms with Crippen LogP contribution in [0.5, 0.6) is 0 Å². The highest BCUT2D eigenvalue weighted by atomic mass is 32.2. The molecule has 5 atom stereocenters. The number of rotatable bonds is 6. The van der Waals surface area contributed by atoms with Crippen molar-refractivity contribution in [1.82, 2.24) is 0 Å². The molecule has 10 heteroatoms. The lowest BCUT2D eigenvalue weighted by Crippen LogP contribution is -2.57. The number of ether oxygens (including phenoxy) is 1. The monoisotopic (exact) mass is 318 g/mol. The molecule has 0 aromatic carbocycles. The fourth-order valence-electron chi connectivity index (χ4n) is 1.65. The van der Waals surface area contributed by atoms with Gasteiger partial charge in [-0.3, -0.25) is 4.55 Å². The first-order valence-electron chi connectivity index (χ1n) is 5.63. The molecule has 0 radical (unpaired) electrons. The van der Waals surface area contributed by atoms with Crippen molar-refractivity contribution in [2.75, 3.05) is 18.1 Å². The molecule has 1 rings (SSSR count). The van der Waals surface area contributed by atoms with E-state index in [9.17, 15) is 23.7 Å². The van der Waals surface area contributed by atoms with Gasteiger partial charge in [-0.05, 0) is 12.2 Å². The van der Waals surface area contributed by atoms with E-state index in [0.29, 0.717) is 0 Å². The molecule has 1 fully saturated rings. The van der Waals surface area contributed by atoms with Crippen LogP contribution in [0.3, 0.4) is 0 Å². The van der Waals surface area contributed by atoms with Gasteiger partial charge in [-0.25, -0.2) is 0 Å². The normalized spacial score (nSPS) is 36.4. The van der Waals surface area contributed by atoms with E-state index in [0.717, 1.165) is 11.8 Å². The Bertz CT molecular complexity index is 370. The highest BCUT2D eigenvalue weighted by molar-refractivity contribution is 7.99. The van der Waals surface area contributed by atoms with Crippen molar-refractivity contribution in [2.45, 2.75) is 36.3 Å². The predicted octanol–water partition coefficient (Wildman–Crippen LogP) is -2.20. The fourth-order valence-corrected chi connectivity index (χ4v) is 3.46. The zero-order chi connectivity index (χ0) is 14.6. The van der Waals surface area contributed by atoms with E-state index < -0.39 is 52.3 Å². The minimum absolute atomic E-state index is 0.151. The molecule has 114 valence electrons. The molecule has 0 saturated carbocycles. The van der Waals surface area contributed by atoms with Crippen LogP contribution in [0.15, 0.2) is 0 Å². The van der Waals surface area contributed by atoms with E-state index >= 15 is 0 Å².